The molecule has 0 aliphatic heterocycles. The molecule has 0 atom stereocenters. The minimum Gasteiger partial charge on any atom is -0.508 e. The average Bonchev–Trinajstić information content (AvgIpc) is 2.74. The first-order chi connectivity index (χ1) is 14.9. The summed E-state index contributed by atoms with van der Waals surface area (Å²) in [6.07, 6.45) is 0. The number of hydrogen-bond donors (Lipinski definition) is 2. The van der Waals surface area contributed by atoms with Crippen molar-refractivity contribution in [1.82, 2.24) is 0 Å². The molecule has 0 aromatic heterocycles. The highest BCUT2D eigenvalue weighted by atomic mass is 16.5. The summed E-state index contributed by atoms with van der Waals surface area (Å²) in [5.74, 6) is 0.861. The van der Waals surface area contributed by atoms with E-state index in [4.69, 9.17) is 4.74 Å². The normalized spacial score (nSPS) is 10.8. The first-order valence-electron chi connectivity index (χ1n) is 10.3. The quantitative estimate of drug-likeness (QED) is 0.375. The van der Waals surface area contributed by atoms with Crippen LogP contribution in [-0.4, -0.2) is 10.2 Å². The Morgan fingerprint density at radius 3 is 1.87 bits per heavy atom. The van der Waals surface area contributed by atoms with Crippen LogP contribution in [0.5, 0.6) is 17.2 Å². The Bertz CT molecular complexity index is 1180. The lowest BCUT2D eigenvalue weighted by Gasteiger charge is -2.15. The Hall–Kier alpha value is -3.72. The van der Waals surface area contributed by atoms with Gasteiger partial charge in [-0.15, -0.1) is 0 Å². The second kappa shape index (κ2) is 8.57. The molecule has 0 radical (unpaired) electrons. The highest BCUT2D eigenvalue weighted by Crippen LogP contribution is 2.37. The molecule has 31 heavy (non-hydrogen) atoms. The van der Waals surface area contributed by atoms with Crippen LogP contribution in [0, 0.1) is 20.8 Å². The van der Waals surface area contributed by atoms with Crippen molar-refractivity contribution < 1.29 is 14.9 Å². The summed E-state index contributed by atoms with van der Waals surface area (Å²) in [7, 11) is 0. The molecule has 0 aliphatic carbocycles. The zero-order valence-corrected chi connectivity index (χ0v) is 18.0. The molecular weight excluding hydrogens is 384 g/mol. The molecule has 2 N–H and O–H groups in total. The molecule has 0 amide bonds. The number of aryl methyl sites for hydroxylation is 3. The van der Waals surface area contributed by atoms with Gasteiger partial charge in [-0.05, 0) is 84.0 Å². The molecule has 0 fully saturated rings. The van der Waals surface area contributed by atoms with Gasteiger partial charge < -0.3 is 14.9 Å². The van der Waals surface area contributed by atoms with Crippen molar-refractivity contribution in [1.29, 1.82) is 0 Å². The molecule has 4 aromatic carbocycles. The Labute approximate surface area is 183 Å². The number of hydrogen-bond acceptors (Lipinski definition) is 3. The lowest BCUT2D eigenvalue weighted by Crippen LogP contribution is -1.96. The largest absolute Gasteiger partial charge is 0.508 e. The van der Waals surface area contributed by atoms with E-state index in [1.807, 2.05) is 36.4 Å². The second-order valence-electron chi connectivity index (χ2n) is 7.99. The molecule has 4 aromatic rings. The van der Waals surface area contributed by atoms with Gasteiger partial charge in [0, 0.05) is 0 Å². The maximum atomic E-state index is 10.6. The number of phenolic OH excluding ortho intramolecular Hbond substituents is 2. The SMILES string of the molecule is Cc1ccc(COc2ccc(-c3c(C)cc(-c4ccc(O)cc4)cc3C)cc2O)cc1. The van der Waals surface area contributed by atoms with Crippen LogP contribution < -0.4 is 4.74 Å². The van der Waals surface area contributed by atoms with Crippen LogP contribution in [0.3, 0.4) is 0 Å². The summed E-state index contributed by atoms with van der Waals surface area (Å²) in [4.78, 5) is 0. The van der Waals surface area contributed by atoms with Gasteiger partial charge in [0.05, 0.1) is 0 Å². The average molecular weight is 411 g/mol. The zero-order chi connectivity index (χ0) is 22.0. The molecule has 0 unspecified atom stereocenters. The number of rotatable bonds is 5. The summed E-state index contributed by atoms with van der Waals surface area (Å²) in [5, 5.41) is 20.1. The van der Waals surface area contributed by atoms with Gasteiger partial charge in [0.2, 0.25) is 0 Å². The third kappa shape index (κ3) is 4.56. The van der Waals surface area contributed by atoms with Crippen molar-refractivity contribution in [3.63, 3.8) is 0 Å². The van der Waals surface area contributed by atoms with E-state index in [1.54, 1.807) is 18.2 Å². The van der Waals surface area contributed by atoms with Crippen LogP contribution in [0.15, 0.2) is 78.9 Å². The van der Waals surface area contributed by atoms with Crippen LogP contribution in [-0.2, 0) is 6.61 Å². The molecule has 0 saturated carbocycles. The minimum absolute atomic E-state index is 0.131. The third-order valence-electron chi connectivity index (χ3n) is 5.50. The maximum absolute atomic E-state index is 10.6. The van der Waals surface area contributed by atoms with Crippen molar-refractivity contribution in [3.05, 3.63) is 101 Å². The molecule has 0 spiro atoms. The van der Waals surface area contributed by atoms with Gasteiger partial charge in [0.25, 0.3) is 0 Å². The Kier molecular flexibility index (Phi) is 5.68. The van der Waals surface area contributed by atoms with Crippen LogP contribution in [0.4, 0.5) is 0 Å². The Morgan fingerprint density at radius 2 is 1.26 bits per heavy atom. The van der Waals surface area contributed by atoms with Crippen molar-refractivity contribution in [2.75, 3.05) is 0 Å². The lowest BCUT2D eigenvalue weighted by molar-refractivity contribution is 0.289. The number of phenols is 2. The minimum atomic E-state index is 0.131. The van der Waals surface area contributed by atoms with Crippen LogP contribution >= 0.6 is 0 Å². The molecular formula is C28H26O3. The number of aromatic hydroxyl groups is 2. The van der Waals surface area contributed by atoms with Crippen molar-refractivity contribution in [2.24, 2.45) is 0 Å². The predicted molar refractivity (Wildman–Crippen MR) is 126 cm³/mol. The highest BCUT2D eigenvalue weighted by molar-refractivity contribution is 5.78. The fourth-order valence-corrected chi connectivity index (χ4v) is 3.88. The highest BCUT2D eigenvalue weighted by Gasteiger charge is 2.12. The van der Waals surface area contributed by atoms with Crippen LogP contribution in [0.25, 0.3) is 22.3 Å². The van der Waals surface area contributed by atoms with Crippen LogP contribution in [0.1, 0.15) is 22.3 Å². The number of benzene rings is 4. The van der Waals surface area contributed by atoms with Gasteiger partial charge in [-0.2, -0.15) is 0 Å². The van der Waals surface area contributed by atoms with Gasteiger partial charge in [0.1, 0.15) is 12.4 Å². The van der Waals surface area contributed by atoms with E-state index in [9.17, 15) is 10.2 Å². The molecule has 0 saturated heterocycles. The lowest BCUT2D eigenvalue weighted by atomic mass is 9.91. The van der Waals surface area contributed by atoms with Gasteiger partial charge >= 0.3 is 0 Å². The molecule has 0 bridgehead atoms. The van der Waals surface area contributed by atoms with Gasteiger partial charge in [-0.25, -0.2) is 0 Å². The predicted octanol–water partition coefficient (Wildman–Crippen LogP) is 6.94. The van der Waals surface area contributed by atoms with E-state index >= 15 is 0 Å². The molecule has 4 rings (SSSR count). The summed E-state index contributed by atoms with van der Waals surface area (Å²) in [6.45, 7) is 6.61. The third-order valence-corrected chi connectivity index (χ3v) is 5.50. The van der Waals surface area contributed by atoms with E-state index in [0.29, 0.717) is 12.4 Å². The van der Waals surface area contributed by atoms with E-state index in [1.165, 1.54) is 5.56 Å². The summed E-state index contributed by atoms with van der Waals surface area (Å²) >= 11 is 0. The maximum Gasteiger partial charge on any atom is 0.161 e. The summed E-state index contributed by atoms with van der Waals surface area (Å²) in [5.41, 5.74) is 8.71. The summed E-state index contributed by atoms with van der Waals surface area (Å²) in [6, 6.07) is 25.2. The van der Waals surface area contributed by atoms with Gasteiger partial charge in [-0.3, -0.25) is 0 Å². The monoisotopic (exact) mass is 410 g/mol. The van der Waals surface area contributed by atoms with E-state index in [2.05, 4.69) is 45.0 Å². The van der Waals surface area contributed by atoms with Crippen LogP contribution in [0.2, 0.25) is 0 Å². The second-order valence-corrected chi connectivity index (χ2v) is 7.99. The Morgan fingerprint density at radius 1 is 0.645 bits per heavy atom. The van der Waals surface area contributed by atoms with Crippen molar-refractivity contribution >= 4 is 0 Å². The smallest absolute Gasteiger partial charge is 0.161 e. The van der Waals surface area contributed by atoms with Gasteiger partial charge in [-0.1, -0.05) is 60.2 Å². The molecule has 3 heteroatoms. The van der Waals surface area contributed by atoms with E-state index in [-0.39, 0.29) is 11.5 Å². The number of ether oxygens (including phenoxy) is 1. The first-order valence-corrected chi connectivity index (χ1v) is 10.3. The van der Waals surface area contributed by atoms with E-state index < -0.39 is 0 Å². The molecule has 3 nitrogen and oxygen atoms in total. The van der Waals surface area contributed by atoms with Crippen molar-refractivity contribution in [2.45, 2.75) is 27.4 Å². The van der Waals surface area contributed by atoms with Gasteiger partial charge in [0.15, 0.2) is 11.5 Å². The zero-order valence-electron chi connectivity index (χ0n) is 18.0. The first kappa shape index (κ1) is 20.5. The van der Waals surface area contributed by atoms with E-state index in [0.717, 1.165) is 38.9 Å². The fraction of sp³-hybridized carbons (Fsp3) is 0.143. The molecule has 0 heterocycles. The summed E-state index contributed by atoms with van der Waals surface area (Å²) < 4.78 is 5.83. The Balaban J connectivity index is 1.58. The van der Waals surface area contributed by atoms with Crippen molar-refractivity contribution in [3.8, 4) is 39.5 Å². The molecule has 0 aliphatic rings. The topological polar surface area (TPSA) is 49.7 Å². The molecule has 156 valence electrons. The standard InChI is InChI=1S/C28H26O3/c1-18-4-6-21(7-5-18)17-31-27-13-10-23(16-26(27)30)28-19(2)14-24(15-20(28)3)22-8-11-25(29)12-9-22/h4-16,29-30H,17H2,1-3H3. The fourth-order valence-electron chi connectivity index (χ4n) is 3.88.